The highest BCUT2D eigenvalue weighted by atomic mass is 35.5. The van der Waals surface area contributed by atoms with Crippen molar-refractivity contribution < 1.29 is 9.59 Å². The van der Waals surface area contributed by atoms with Gasteiger partial charge in [0.05, 0.1) is 6.42 Å². The lowest BCUT2D eigenvalue weighted by Crippen LogP contribution is -2.53. The van der Waals surface area contributed by atoms with Crippen LogP contribution in [-0.4, -0.2) is 28.3 Å². The molecule has 0 aliphatic carbocycles. The first kappa shape index (κ1) is 23.9. The molecule has 0 saturated carbocycles. The quantitative estimate of drug-likeness (QED) is 0.657. The van der Waals surface area contributed by atoms with Gasteiger partial charge in [-0.15, -0.1) is 0 Å². The summed E-state index contributed by atoms with van der Waals surface area (Å²) in [6.07, 6.45) is 0.760. The van der Waals surface area contributed by atoms with Gasteiger partial charge in [0.1, 0.15) is 6.04 Å². The topological polar surface area (TPSA) is 49.4 Å². The van der Waals surface area contributed by atoms with Crippen LogP contribution in [0.5, 0.6) is 0 Å². The second kappa shape index (κ2) is 10.1. The van der Waals surface area contributed by atoms with Crippen LogP contribution in [0.2, 0.25) is 5.02 Å². The lowest BCUT2D eigenvalue weighted by Gasteiger charge is -2.33. The molecule has 5 heteroatoms. The number of benzene rings is 2. The van der Waals surface area contributed by atoms with Crippen LogP contribution in [0.25, 0.3) is 0 Å². The SMILES string of the molecule is CC[C@H](C(=O)NC(C)(C)C)N(Cc1ccccc1Cl)C(=O)Cc1ccc(C)c(C)c1. The van der Waals surface area contributed by atoms with Gasteiger partial charge in [-0.3, -0.25) is 9.59 Å². The zero-order valence-electron chi connectivity index (χ0n) is 18.9. The molecule has 1 N–H and O–H groups in total. The molecular weight excluding hydrogens is 396 g/mol. The minimum atomic E-state index is -0.570. The molecule has 30 heavy (non-hydrogen) atoms. The van der Waals surface area contributed by atoms with Crippen molar-refractivity contribution >= 4 is 23.4 Å². The molecule has 0 aliphatic rings. The average molecular weight is 429 g/mol. The van der Waals surface area contributed by atoms with Gasteiger partial charge in [-0.25, -0.2) is 0 Å². The maximum atomic E-state index is 13.4. The average Bonchev–Trinajstić information content (AvgIpc) is 2.64. The minimum Gasteiger partial charge on any atom is -0.350 e. The Hall–Kier alpha value is -2.33. The Bertz CT molecular complexity index is 902. The number of hydrogen-bond donors (Lipinski definition) is 1. The van der Waals surface area contributed by atoms with Gasteiger partial charge in [0.2, 0.25) is 11.8 Å². The fraction of sp³-hybridized carbons (Fsp3) is 0.440. The summed E-state index contributed by atoms with van der Waals surface area (Å²) in [4.78, 5) is 28.1. The van der Waals surface area contributed by atoms with Crippen LogP contribution in [0, 0.1) is 13.8 Å². The van der Waals surface area contributed by atoms with Gasteiger partial charge in [-0.1, -0.05) is 54.9 Å². The number of amides is 2. The highest BCUT2D eigenvalue weighted by molar-refractivity contribution is 6.31. The van der Waals surface area contributed by atoms with Gasteiger partial charge in [0.15, 0.2) is 0 Å². The zero-order chi connectivity index (χ0) is 22.5. The van der Waals surface area contributed by atoms with Gasteiger partial charge in [-0.2, -0.15) is 0 Å². The van der Waals surface area contributed by atoms with Gasteiger partial charge in [0, 0.05) is 17.1 Å². The summed E-state index contributed by atoms with van der Waals surface area (Å²) in [6, 6.07) is 12.9. The van der Waals surface area contributed by atoms with Gasteiger partial charge in [0.25, 0.3) is 0 Å². The number of nitrogens with zero attached hydrogens (tertiary/aromatic N) is 1. The third-order valence-corrected chi connectivity index (χ3v) is 5.48. The summed E-state index contributed by atoms with van der Waals surface area (Å²) in [5, 5.41) is 3.61. The fourth-order valence-electron chi connectivity index (χ4n) is 3.37. The summed E-state index contributed by atoms with van der Waals surface area (Å²) in [6.45, 7) is 12.1. The molecule has 0 spiro atoms. The summed E-state index contributed by atoms with van der Waals surface area (Å²) < 4.78 is 0. The first-order valence-electron chi connectivity index (χ1n) is 10.4. The Morgan fingerprint density at radius 3 is 2.30 bits per heavy atom. The first-order valence-corrected chi connectivity index (χ1v) is 10.8. The van der Waals surface area contributed by atoms with E-state index in [9.17, 15) is 9.59 Å². The number of carbonyl (C=O) groups is 2. The number of aryl methyl sites for hydroxylation is 2. The molecule has 2 rings (SSSR count). The fourth-order valence-corrected chi connectivity index (χ4v) is 3.57. The van der Waals surface area contributed by atoms with Gasteiger partial charge in [-0.05, 0) is 69.4 Å². The standard InChI is InChI=1S/C25H33ClN2O2/c1-7-22(24(30)27-25(4,5)6)28(16-20-10-8-9-11-21(20)26)23(29)15-19-13-12-17(2)18(3)14-19/h8-14,22H,7,15-16H2,1-6H3,(H,27,30)/t22-/m1/s1. The van der Waals surface area contributed by atoms with E-state index in [0.717, 1.165) is 16.7 Å². The van der Waals surface area contributed by atoms with E-state index in [2.05, 4.69) is 12.2 Å². The molecule has 4 nitrogen and oxygen atoms in total. The number of hydrogen-bond acceptors (Lipinski definition) is 2. The molecule has 0 fully saturated rings. The van der Waals surface area contributed by atoms with Crippen molar-refractivity contribution in [2.24, 2.45) is 0 Å². The Labute approximate surface area is 185 Å². The molecule has 2 aromatic rings. The van der Waals surface area contributed by atoms with Crippen molar-refractivity contribution in [3.05, 3.63) is 69.7 Å². The molecule has 0 aromatic heterocycles. The van der Waals surface area contributed by atoms with E-state index < -0.39 is 6.04 Å². The Kier molecular flexibility index (Phi) is 8.08. The minimum absolute atomic E-state index is 0.0888. The highest BCUT2D eigenvalue weighted by Gasteiger charge is 2.31. The van der Waals surface area contributed by atoms with E-state index in [-0.39, 0.29) is 23.8 Å². The molecule has 0 unspecified atom stereocenters. The third-order valence-electron chi connectivity index (χ3n) is 5.11. The Morgan fingerprint density at radius 2 is 1.73 bits per heavy atom. The molecule has 0 saturated heterocycles. The van der Waals surface area contributed by atoms with E-state index in [1.54, 1.807) is 11.0 Å². The number of halogens is 1. The smallest absolute Gasteiger partial charge is 0.243 e. The molecule has 2 amide bonds. The van der Waals surface area contributed by atoms with Crippen molar-refractivity contribution in [1.82, 2.24) is 10.2 Å². The third kappa shape index (κ3) is 6.60. The summed E-state index contributed by atoms with van der Waals surface area (Å²) in [7, 11) is 0. The highest BCUT2D eigenvalue weighted by Crippen LogP contribution is 2.21. The number of carbonyl (C=O) groups excluding carboxylic acids is 2. The van der Waals surface area contributed by atoms with E-state index in [1.165, 1.54) is 5.56 Å². The molecule has 2 aromatic carbocycles. The number of nitrogens with one attached hydrogen (secondary N) is 1. The van der Waals surface area contributed by atoms with E-state index >= 15 is 0 Å². The van der Waals surface area contributed by atoms with Crippen LogP contribution in [0.1, 0.15) is 56.4 Å². The van der Waals surface area contributed by atoms with Gasteiger partial charge >= 0.3 is 0 Å². The lowest BCUT2D eigenvalue weighted by atomic mass is 10.0. The second-order valence-electron chi connectivity index (χ2n) is 8.87. The van der Waals surface area contributed by atoms with Gasteiger partial charge < -0.3 is 10.2 Å². The van der Waals surface area contributed by atoms with Crippen LogP contribution >= 0.6 is 11.6 Å². The molecule has 1 atom stereocenters. The summed E-state index contributed by atoms with van der Waals surface area (Å²) in [5.74, 6) is -0.237. The van der Waals surface area contributed by atoms with Crippen molar-refractivity contribution in [3.8, 4) is 0 Å². The first-order chi connectivity index (χ1) is 14.0. The van der Waals surface area contributed by atoms with Crippen LogP contribution < -0.4 is 5.32 Å². The normalized spacial score (nSPS) is 12.4. The second-order valence-corrected chi connectivity index (χ2v) is 9.28. The monoisotopic (exact) mass is 428 g/mol. The molecule has 0 bridgehead atoms. The molecule has 162 valence electrons. The van der Waals surface area contributed by atoms with Crippen molar-refractivity contribution in [2.75, 3.05) is 0 Å². The summed E-state index contributed by atoms with van der Waals surface area (Å²) in [5.41, 5.74) is 3.73. The molecule has 0 heterocycles. The van der Waals surface area contributed by atoms with E-state index in [0.29, 0.717) is 18.0 Å². The maximum Gasteiger partial charge on any atom is 0.243 e. The predicted octanol–water partition coefficient (Wildman–Crippen LogP) is 5.22. The van der Waals surface area contributed by atoms with Crippen LogP contribution in [0.15, 0.2) is 42.5 Å². The predicted molar refractivity (Wildman–Crippen MR) is 124 cm³/mol. The van der Waals surface area contributed by atoms with Crippen molar-refractivity contribution in [3.63, 3.8) is 0 Å². The van der Waals surface area contributed by atoms with Crippen LogP contribution in [0.3, 0.4) is 0 Å². The van der Waals surface area contributed by atoms with Crippen molar-refractivity contribution in [1.29, 1.82) is 0 Å². The number of rotatable bonds is 7. The maximum absolute atomic E-state index is 13.4. The van der Waals surface area contributed by atoms with E-state index in [4.69, 9.17) is 11.6 Å². The molecule has 0 radical (unpaired) electrons. The van der Waals surface area contributed by atoms with E-state index in [1.807, 2.05) is 71.0 Å². The zero-order valence-corrected chi connectivity index (χ0v) is 19.6. The molecular formula is C25H33ClN2O2. The van der Waals surface area contributed by atoms with Crippen molar-refractivity contribution in [2.45, 2.75) is 72.5 Å². The summed E-state index contributed by atoms with van der Waals surface area (Å²) >= 11 is 6.37. The Balaban J connectivity index is 2.35. The Morgan fingerprint density at radius 1 is 1.07 bits per heavy atom. The van der Waals surface area contributed by atoms with Crippen LogP contribution in [-0.2, 0) is 22.6 Å². The largest absolute Gasteiger partial charge is 0.350 e. The van der Waals surface area contributed by atoms with Crippen LogP contribution in [0.4, 0.5) is 0 Å². The lowest BCUT2D eigenvalue weighted by molar-refractivity contribution is -0.141. The molecule has 0 aliphatic heterocycles.